The Morgan fingerprint density at radius 1 is 1.32 bits per heavy atom. The van der Waals surface area contributed by atoms with Crippen molar-refractivity contribution in [2.24, 2.45) is 0 Å². The molecule has 1 aromatic rings. The lowest BCUT2D eigenvalue weighted by molar-refractivity contribution is -0.134. The van der Waals surface area contributed by atoms with Crippen molar-refractivity contribution in [1.29, 1.82) is 0 Å². The van der Waals surface area contributed by atoms with Crippen LogP contribution in [0.15, 0.2) is 24.3 Å². The molecule has 1 fully saturated rings. The summed E-state index contributed by atoms with van der Waals surface area (Å²) in [6, 6.07) is 8.03. The number of amides is 1. The van der Waals surface area contributed by atoms with E-state index in [4.69, 9.17) is 11.6 Å². The van der Waals surface area contributed by atoms with E-state index < -0.39 is 0 Å². The van der Waals surface area contributed by atoms with Gasteiger partial charge in [-0.25, -0.2) is 0 Å². The van der Waals surface area contributed by atoms with E-state index in [0.29, 0.717) is 17.5 Å². The van der Waals surface area contributed by atoms with Gasteiger partial charge >= 0.3 is 0 Å². The van der Waals surface area contributed by atoms with E-state index in [0.717, 1.165) is 36.7 Å². The largest absolute Gasteiger partial charge is 0.339 e. The van der Waals surface area contributed by atoms with Gasteiger partial charge in [0.1, 0.15) is 0 Å². The lowest BCUT2D eigenvalue weighted by Gasteiger charge is -2.37. The molecule has 0 aromatic heterocycles. The van der Waals surface area contributed by atoms with Gasteiger partial charge in [0.2, 0.25) is 5.91 Å². The van der Waals surface area contributed by atoms with Gasteiger partial charge in [-0.1, -0.05) is 39.7 Å². The van der Waals surface area contributed by atoms with E-state index in [1.54, 1.807) is 0 Å². The van der Waals surface area contributed by atoms with Crippen LogP contribution in [-0.2, 0) is 11.2 Å². The van der Waals surface area contributed by atoms with Crippen LogP contribution in [0.4, 0.5) is 0 Å². The van der Waals surface area contributed by atoms with Crippen LogP contribution in [0.2, 0.25) is 5.02 Å². The monoisotopic (exact) mass is 343 g/mol. The molecule has 2 nitrogen and oxygen atoms in total. The highest BCUT2D eigenvalue weighted by Crippen LogP contribution is 2.25. The van der Waals surface area contributed by atoms with Gasteiger partial charge in [0, 0.05) is 22.9 Å². The van der Waals surface area contributed by atoms with Crippen LogP contribution in [0.3, 0.4) is 0 Å². The minimum absolute atomic E-state index is 0.243. The van der Waals surface area contributed by atoms with Crippen LogP contribution in [-0.4, -0.2) is 28.7 Å². The Morgan fingerprint density at radius 2 is 2.00 bits per heavy atom. The average Bonchev–Trinajstić information content (AvgIpc) is 2.34. The first-order valence-corrected chi connectivity index (χ1v) is 8.30. The van der Waals surface area contributed by atoms with Gasteiger partial charge in [0.05, 0.1) is 6.42 Å². The molecule has 1 aromatic carbocycles. The Bertz CT molecular complexity index is 417. The predicted octanol–water partition coefficient (Wildman–Crippen LogP) is 4.05. The second kappa shape index (κ2) is 7.30. The van der Waals surface area contributed by atoms with Gasteiger partial charge in [-0.05, 0) is 43.4 Å². The van der Waals surface area contributed by atoms with Crippen LogP contribution in [0.1, 0.15) is 31.2 Å². The number of alkyl halides is 1. The normalized spacial score (nSPS) is 15.1. The van der Waals surface area contributed by atoms with Crippen LogP contribution in [0, 0.1) is 0 Å². The van der Waals surface area contributed by atoms with Crippen LogP contribution < -0.4 is 0 Å². The Morgan fingerprint density at radius 3 is 2.53 bits per heavy atom. The summed E-state index contributed by atoms with van der Waals surface area (Å²) in [6.45, 7) is 0.863. The molecule has 1 saturated carbocycles. The molecule has 0 bridgehead atoms. The van der Waals surface area contributed by atoms with Crippen molar-refractivity contribution in [1.82, 2.24) is 4.90 Å². The Hall–Kier alpha value is -0.540. The number of carbonyl (C=O) groups excluding carboxylic acids is 1. The molecule has 0 N–H and O–H groups in total. The van der Waals surface area contributed by atoms with E-state index in [1.807, 2.05) is 24.3 Å². The topological polar surface area (TPSA) is 20.3 Å². The first kappa shape index (κ1) is 14.9. The molecule has 1 aliphatic rings. The first-order chi connectivity index (χ1) is 9.20. The van der Waals surface area contributed by atoms with E-state index in [-0.39, 0.29) is 5.91 Å². The lowest BCUT2D eigenvalue weighted by Crippen LogP contribution is -2.45. The second-order valence-electron chi connectivity index (χ2n) is 5.02. The molecule has 104 valence electrons. The number of rotatable bonds is 6. The van der Waals surface area contributed by atoms with Crippen molar-refractivity contribution in [3.63, 3.8) is 0 Å². The van der Waals surface area contributed by atoms with Gasteiger partial charge in [0.25, 0.3) is 0 Å². The molecule has 0 spiro atoms. The van der Waals surface area contributed by atoms with Gasteiger partial charge in [-0.15, -0.1) is 0 Å². The third kappa shape index (κ3) is 4.22. The standard InChI is InChI=1S/C15H19BrClNO/c16-9-2-10-18(14-3-1-4-14)15(19)11-12-5-7-13(17)8-6-12/h5-8,14H,1-4,9-11H2. The van der Waals surface area contributed by atoms with E-state index >= 15 is 0 Å². The van der Waals surface area contributed by atoms with Gasteiger partial charge in [-0.3, -0.25) is 4.79 Å². The molecular weight excluding hydrogens is 326 g/mol. The van der Waals surface area contributed by atoms with Crippen LogP contribution >= 0.6 is 27.5 Å². The minimum Gasteiger partial charge on any atom is -0.339 e. The number of hydrogen-bond donors (Lipinski definition) is 0. The van der Waals surface area contributed by atoms with Crippen molar-refractivity contribution in [2.45, 2.75) is 38.1 Å². The Balaban J connectivity index is 1.96. The minimum atomic E-state index is 0.243. The third-order valence-electron chi connectivity index (χ3n) is 3.64. The summed E-state index contributed by atoms with van der Waals surface area (Å²) in [5, 5.41) is 1.66. The summed E-state index contributed by atoms with van der Waals surface area (Å²) in [6.07, 6.45) is 5.08. The molecule has 1 aliphatic carbocycles. The molecule has 1 amide bonds. The summed E-state index contributed by atoms with van der Waals surface area (Å²) < 4.78 is 0. The first-order valence-electron chi connectivity index (χ1n) is 6.80. The Kier molecular flexibility index (Phi) is 5.71. The summed E-state index contributed by atoms with van der Waals surface area (Å²) in [7, 11) is 0. The number of carbonyl (C=O) groups is 1. The Labute approximate surface area is 128 Å². The molecule has 0 radical (unpaired) electrons. The molecule has 0 heterocycles. The molecule has 0 aliphatic heterocycles. The van der Waals surface area contributed by atoms with Gasteiger partial charge in [-0.2, -0.15) is 0 Å². The fraction of sp³-hybridized carbons (Fsp3) is 0.533. The zero-order valence-corrected chi connectivity index (χ0v) is 13.3. The van der Waals surface area contributed by atoms with Crippen molar-refractivity contribution in [3.8, 4) is 0 Å². The smallest absolute Gasteiger partial charge is 0.227 e. The highest BCUT2D eigenvalue weighted by Gasteiger charge is 2.28. The fourth-order valence-corrected chi connectivity index (χ4v) is 2.69. The van der Waals surface area contributed by atoms with Crippen LogP contribution in [0.5, 0.6) is 0 Å². The number of halogens is 2. The maximum Gasteiger partial charge on any atom is 0.227 e. The van der Waals surface area contributed by atoms with Gasteiger partial charge in [0.15, 0.2) is 0 Å². The number of hydrogen-bond acceptors (Lipinski definition) is 1. The zero-order chi connectivity index (χ0) is 13.7. The van der Waals surface area contributed by atoms with E-state index in [9.17, 15) is 4.79 Å². The predicted molar refractivity (Wildman–Crippen MR) is 82.9 cm³/mol. The van der Waals surface area contributed by atoms with Crippen molar-refractivity contribution >= 4 is 33.4 Å². The van der Waals surface area contributed by atoms with Crippen LogP contribution in [0.25, 0.3) is 0 Å². The highest BCUT2D eigenvalue weighted by molar-refractivity contribution is 9.09. The summed E-state index contributed by atoms with van der Waals surface area (Å²) in [5.41, 5.74) is 1.04. The molecule has 4 heteroatoms. The molecular formula is C15H19BrClNO. The summed E-state index contributed by atoms with van der Waals surface area (Å²) in [4.78, 5) is 14.5. The average molecular weight is 345 g/mol. The quantitative estimate of drug-likeness (QED) is 0.713. The zero-order valence-electron chi connectivity index (χ0n) is 10.9. The molecule has 19 heavy (non-hydrogen) atoms. The molecule has 2 rings (SSSR count). The summed E-state index contributed by atoms with van der Waals surface area (Å²) >= 11 is 9.30. The highest BCUT2D eigenvalue weighted by atomic mass is 79.9. The lowest BCUT2D eigenvalue weighted by atomic mass is 9.91. The second-order valence-corrected chi connectivity index (χ2v) is 6.25. The number of benzene rings is 1. The van der Waals surface area contributed by atoms with Crippen molar-refractivity contribution < 1.29 is 4.79 Å². The molecule has 0 unspecified atom stereocenters. The van der Waals surface area contributed by atoms with Crippen molar-refractivity contribution in [3.05, 3.63) is 34.9 Å². The van der Waals surface area contributed by atoms with E-state index in [1.165, 1.54) is 6.42 Å². The SMILES string of the molecule is O=C(Cc1ccc(Cl)cc1)N(CCCBr)C1CCC1. The maximum absolute atomic E-state index is 12.4. The van der Waals surface area contributed by atoms with Crippen molar-refractivity contribution in [2.75, 3.05) is 11.9 Å². The fourth-order valence-electron chi connectivity index (χ4n) is 2.32. The maximum atomic E-state index is 12.4. The molecule has 0 saturated heterocycles. The third-order valence-corrected chi connectivity index (χ3v) is 4.45. The summed E-state index contributed by atoms with van der Waals surface area (Å²) in [5.74, 6) is 0.243. The van der Waals surface area contributed by atoms with E-state index in [2.05, 4.69) is 20.8 Å². The number of nitrogens with zero attached hydrogens (tertiary/aromatic N) is 1. The molecule has 0 atom stereocenters. The van der Waals surface area contributed by atoms with Gasteiger partial charge < -0.3 is 4.90 Å².